The highest BCUT2D eigenvalue weighted by molar-refractivity contribution is 6.31. The minimum atomic E-state index is -1.14. The van der Waals surface area contributed by atoms with Gasteiger partial charge in [-0.05, 0) is 31.4 Å². The Labute approximate surface area is 118 Å². The van der Waals surface area contributed by atoms with Crippen molar-refractivity contribution in [3.05, 3.63) is 52.3 Å². The number of hydrogen-bond acceptors (Lipinski definition) is 2. The number of aliphatic hydroxyl groups is 1. The fourth-order valence-electron chi connectivity index (χ4n) is 2.29. The predicted octanol–water partition coefficient (Wildman–Crippen LogP) is 3.37. The summed E-state index contributed by atoms with van der Waals surface area (Å²) in [5, 5.41) is 15.5. The van der Waals surface area contributed by atoms with E-state index in [9.17, 15) is 5.11 Å². The van der Waals surface area contributed by atoms with Gasteiger partial charge in [0.2, 0.25) is 0 Å². The van der Waals surface area contributed by atoms with E-state index in [0.29, 0.717) is 17.3 Å². The second-order valence-electron chi connectivity index (χ2n) is 4.78. The smallest absolute Gasteiger partial charge is 0.130 e. The predicted molar refractivity (Wildman–Crippen MR) is 77.4 cm³/mol. The van der Waals surface area contributed by atoms with Crippen LogP contribution in [0, 0.1) is 0 Å². The van der Waals surface area contributed by atoms with Gasteiger partial charge in [0.05, 0.1) is 16.9 Å². The molecule has 0 saturated carbocycles. The summed E-state index contributed by atoms with van der Waals surface area (Å²) in [7, 11) is 0. The zero-order valence-electron chi connectivity index (χ0n) is 11.5. The molecule has 1 aromatic carbocycles. The van der Waals surface area contributed by atoms with Crippen LogP contribution in [0.3, 0.4) is 0 Å². The molecular weight excluding hydrogens is 260 g/mol. The second kappa shape index (κ2) is 5.35. The van der Waals surface area contributed by atoms with E-state index >= 15 is 0 Å². The number of rotatable bonds is 4. The molecule has 19 heavy (non-hydrogen) atoms. The average Bonchev–Trinajstić information content (AvgIpc) is 2.80. The average molecular weight is 279 g/mol. The van der Waals surface area contributed by atoms with Crippen LogP contribution >= 0.6 is 11.6 Å². The van der Waals surface area contributed by atoms with E-state index in [2.05, 4.69) is 12.0 Å². The molecular formula is C15H19ClN2O. The van der Waals surface area contributed by atoms with E-state index in [1.165, 1.54) is 5.56 Å². The van der Waals surface area contributed by atoms with Crippen molar-refractivity contribution in [3.8, 4) is 0 Å². The molecule has 1 N–H and O–H groups in total. The summed E-state index contributed by atoms with van der Waals surface area (Å²) < 4.78 is 1.73. The molecule has 3 nitrogen and oxygen atoms in total. The molecule has 0 saturated heterocycles. The van der Waals surface area contributed by atoms with Gasteiger partial charge < -0.3 is 5.11 Å². The Morgan fingerprint density at radius 3 is 2.42 bits per heavy atom. The maximum atomic E-state index is 10.9. The fraction of sp³-hybridized carbons (Fsp3) is 0.400. The van der Waals surface area contributed by atoms with Gasteiger partial charge in [0.15, 0.2) is 0 Å². The molecule has 0 amide bonds. The van der Waals surface area contributed by atoms with Crippen molar-refractivity contribution < 1.29 is 5.11 Å². The summed E-state index contributed by atoms with van der Waals surface area (Å²) in [5.41, 5.74) is 1.56. The maximum absolute atomic E-state index is 10.9. The maximum Gasteiger partial charge on any atom is 0.130 e. The van der Waals surface area contributed by atoms with Crippen LogP contribution in [0.4, 0.5) is 0 Å². The lowest BCUT2D eigenvalue weighted by atomic mass is 9.91. The van der Waals surface area contributed by atoms with E-state index in [0.717, 1.165) is 12.0 Å². The third-order valence-corrected chi connectivity index (χ3v) is 3.76. The highest BCUT2D eigenvalue weighted by Gasteiger charge is 2.31. The van der Waals surface area contributed by atoms with E-state index < -0.39 is 5.60 Å². The molecule has 0 spiro atoms. The molecule has 1 unspecified atom stereocenters. The van der Waals surface area contributed by atoms with E-state index in [-0.39, 0.29) is 0 Å². The molecule has 2 aromatic rings. The van der Waals surface area contributed by atoms with Gasteiger partial charge in [0.25, 0.3) is 0 Å². The highest BCUT2D eigenvalue weighted by atomic mass is 35.5. The Hall–Kier alpha value is -1.32. The summed E-state index contributed by atoms with van der Waals surface area (Å²) in [5.74, 6) is 0. The molecule has 0 radical (unpaired) electrons. The minimum absolute atomic E-state index is 0.492. The number of halogens is 1. The van der Waals surface area contributed by atoms with Crippen LogP contribution in [-0.4, -0.2) is 14.9 Å². The van der Waals surface area contributed by atoms with Gasteiger partial charge in [-0.1, -0.05) is 42.8 Å². The Bertz CT molecular complexity index is 558. The van der Waals surface area contributed by atoms with Crippen molar-refractivity contribution >= 4 is 11.6 Å². The van der Waals surface area contributed by atoms with Crippen molar-refractivity contribution in [2.75, 3.05) is 0 Å². The number of hydrogen-bond donors (Lipinski definition) is 1. The number of benzene rings is 1. The molecule has 1 atom stereocenters. The van der Waals surface area contributed by atoms with E-state index in [4.69, 9.17) is 11.6 Å². The Balaban J connectivity index is 2.48. The van der Waals surface area contributed by atoms with Gasteiger partial charge >= 0.3 is 0 Å². The molecule has 1 aromatic heterocycles. The Morgan fingerprint density at radius 2 is 1.89 bits per heavy atom. The van der Waals surface area contributed by atoms with Crippen LogP contribution in [0.15, 0.2) is 30.5 Å². The monoisotopic (exact) mass is 278 g/mol. The zero-order valence-corrected chi connectivity index (χ0v) is 12.3. The van der Waals surface area contributed by atoms with Gasteiger partial charge in [0.1, 0.15) is 5.60 Å². The molecule has 0 aliphatic heterocycles. The summed E-state index contributed by atoms with van der Waals surface area (Å²) in [4.78, 5) is 0. The molecule has 0 fully saturated rings. The fourth-order valence-corrected chi connectivity index (χ4v) is 2.61. The van der Waals surface area contributed by atoms with Crippen LogP contribution in [0.2, 0.25) is 5.02 Å². The van der Waals surface area contributed by atoms with Crippen LogP contribution < -0.4 is 0 Å². The second-order valence-corrected chi connectivity index (χ2v) is 5.19. The van der Waals surface area contributed by atoms with E-state index in [1.54, 1.807) is 17.8 Å². The summed E-state index contributed by atoms with van der Waals surface area (Å²) >= 11 is 6.17. The molecule has 4 heteroatoms. The zero-order chi connectivity index (χ0) is 14.0. The van der Waals surface area contributed by atoms with Gasteiger partial charge in [-0.3, -0.25) is 4.68 Å². The molecule has 0 aliphatic carbocycles. The first-order chi connectivity index (χ1) is 9.00. The molecule has 102 valence electrons. The first-order valence-electron chi connectivity index (χ1n) is 6.54. The summed E-state index contributed by atoms with van der Waals surface area (Å²) in [6.07, 6.45) is 2.56. The summed E-state index contributed by atoms with van der Waals surface area (Å²) in [6.45, 7) is 6.51. The van der Waals surface area contributed by atoms with Gasteiger partial charge in [-0.25, -0.2) is 0 Å². The van der Waals surface area contributed by atoms with Crippen LogP contribution in [0.1, 0.15) is 37.6 Å². The van der Waals surface area contributed by atoms with Crippen LogP contribution in [0.25, 0.3) is 0 Å². The molecule has 0 bridgehead atoms. The van der Waals surface area contributed by atoms with Gasteiger partial charge in [-0.2, -0.15) is 5.10 Å². The first-order valence-corrected chi connectivity index (χ1v) is 6.92. The molecule has 2 rings (SSSR count). The Morgan fingerprint density at radius 1 is 1.26 bits per heavy atom. The van der Waals surface area contributed by atoms with Crippen LogP contribution in [0.5, 0.6) is 0 Å². The normalized spacial score (nSPS) is 14.4. The van der Waals surface area contributed by atoms with Crippen molar-refractivity contribution in [1.29, 1.82) is 0 Å². The number of nitrogens with zero attached hydrogens (tertiary/aromatic N) is 2. The van der Waals surface area contributed by atoms with Crippen molar-refractivity contribution in [2.45, 2.75) is 39.3 Å². The third-order valence-electron chi connectivity index (χ3n) is 3.48. The van der Waals surface area contributed by atoms with Crippen molar-refractivity contribution in [1.82, 2.24) is 9.78 Å². The van der Waals surface area contributed by atoms with Crippen LogP contribution in [-0.2, 0) is 18.6 Å². The SMILES string of the molecule is CCc1ccc(C(C)(O)c2c(Cl)cnn2CC)cc1. The highest BCUT2D eigenvalue weighted by Crippen LogP contribution is 2.33. The largest absolute Gasteiger partial charge is 0.379 e. The van der Waals surface area contributed by atoms with Gasteiger partial charge in [0, 0.05) is 6.54 Å². The third kappa shape index (κ3) is 2.53. The lowest BCUT2D eigenvalue weighted by molar-refractivity contribution is 0.0918. The van der Waals surface area contributed by atoms with Gasteiger partial charge in [-0.15, -0.1) is 0 Å². The Kier molecular flexibility index (Phi) is 3.97. The quantitative estimate of drug-likeness (QED) is 0.931. The van der Waals surface area contributed by atoms with Crippen molar-refractivity contribution in [2.24, 2.45) is 0 Å². The summed E-state index contributed by atoms with van der Waals surface area (Å²) in [6, 6.07) is 7.96. The first kappa shape index (κ1) is 14.1. The minimum Gasteiger partial charge on any atom is -0.379 e. The topological polar surface area (TPSA) is 38.1 Å². The number of aromatic nitrogens is 2. The lowest BCUT2D eigenvalue weighted by Crippen LogP contribution is -2.27. The number of aryl methyl sites for hydroxylation is 2. The van der Waals surface area contributed by atoms with E-state index in [1.807, 2.05) is 31.2 Å². The standard InChI is InChI=1S/C15H19ClN2O/c1-4-11-6-8-12(9-7-11)15(3,19)14-13(16)10-17-18(14)5-2/h6-10,19H,4-5H2,1-3H3. The molecule has 0 aliphatic rings. The lowest BCUT2D eigenvalue weighted by Gasteiger charge is -2.25. The van der Waals surface area contributed by atoms with Crippen molar-refractivity contribution in [3.63, 3.8) is 0 Å². The molecule has 1 heterocycles.